The second-order valence-corrected chi connectivity index (χ2v) is 7.64. The molecule has 7 heteroatoms. The van der Waals surface area contributed by atoms with Crippen molar-refractivity contribution in [2.45, 2.75) is 38.3 Å². The Bertz CT molecular complexity index is 860. The molecular formula is C16H21N3O3S. The van der Waals surface area contributed by atoms with Crippen molar-refractivity contribution in [1.29, 1.82) is 0 Å². The van der Waals surface area contributed by atoms with Gasteiger partial charge in [0.15, 0.2) is 0 Å². The van der Waals surface area contributed by atoms with Gasteiger partial charge in [-0.25, -0.2) is 18.4 Å². The summed E-state index contributed by atoms with van der Waals surface area (Å²) in [4.78, 5) is 20.1. The minimum Gasteiger partial charge on any atom is -0.318 e. The molecule has 0 N–H and O–H groups in total. The molecule has 0 unspecified atom stereocenters. The predicted octanol–water partition coefficient (Wildman–Crippen LogP) is 1.90. The minimum atomic E-state index is -3.49. The lowest BCUT2D eigenvalue weighted by Gasteiger charge is -2.11. The van der Waals surface area contributed by atoms with E-state index in [0.717, 1.165) is 36.6 Å². The molecular weight excluding hydrogens is 314 g/mol. The van der Waals surface area contributed by atoms with Crippen molar-refractivity contribution in [3.05, 3.63) is 39.9 Å². The van der Waals surface area contributed by atoms with Gasteiger partial charge in [-0.15, -0.1) is 0 Å². The molecule has 2 aromatic heterocycles. The summed E-state index contributed by atoms with van der Waals surface area (Å²) in [7, 11) is -1.82. The highest BCUT2D eigenvalue weighted by Crippen LogP contribution is 2.23. The third-order valence-corrected chi connectivity index (χ3v) is 4.47. The summed E-state index contributed by atoms with van der Waals surface area (Å²) >= 11 is 0. The smallest absolute Gasteiger partial charge is 0.253 e. The molecule has 0 saturated carbocycles. The van der Waals surface area contributed by atoms with Gasteiger partial charge in [0.2, 0.25) is 15.0 Å². The van der Waals surface area contributed by atoms with Crippen LogP contribution < -0.4 is 5.56 Å². The van der Waals surface area contributed by atoms with Crippen LogP contribution in [0.2, 0.25) is 0 Å². The number of rotatable bonds is 5. The van der Waals surface area contributed by atoms with Gasteiger partial charge in [-0.1, -0.05) is 13.3 Å². The fraction of sp³-hybridized carbons (Fsp3) is 0.438. The maximum Gasteiger partial charge on any atom is 0.253 e. The van der Waals surface area contributed by atoms with E-state index in [1.165, 1.54) is 4.57 Å². The third-order valence-electron chi connectivity index (χ3n) is 3.61. The fourth-order valence-corrected chi connectivity index (χ4v) is 2.88. The summed E-state index contributed by atoms with van der Waals surface area (Å²) in [5.74, 6) is 0. The zero-order valence-electron chi connectivity index (χ0n) is 13.8. The molecule has 2 heterocycles. The first kappa shape index (κ1) is 17.3. The molecule has 2 rings (SSSR count). The summed E-state index contributed by atoms with van der Waals surface area (Å²) in [5.41, 5.74) is 2.69. The second kappa shape index (κ2) is 6.62. The van der Waals surface area contributed by atoms with E-state index >= 15 is 0 Å². The lowest BCUT2D eigenvalue weighted by atomic mass is 10.0. The molecule has 2 aromatic rings. The van der Waals surface area contributed by atoms with E-state index in [2.05, 4.69) is 16.9 Å². The zero-order chi connectivity index (χ0) is 17.2. The van der Waals surface area contributed by atoms with Crippen LogP contribution in [0.3, 0.4) is 0 Å². The Labute approximate surface area is 136 Å². The van der Waals surface area contributed by atoms with Gasteiger partial charge >= 0.3 is 0 Å². The molecule has 6 nitrogen and oxygen atoms in total. The second-order valence-electron chi connectivity index (χ2n) is 5.73. The van der Waals surface area contributed by atoms with E-state index in [0.29, 0.717) is 11.3 Å². The van der Waals surface area contributed by atoms with E-state index in [1.807, 2.05) is 0 Å². The molecule has 0 amide bonds. The molecule has 0 bridgehead atoms. The van der Waals surface area contributed by atoms with E-state index in [-0.39, 0.29) is 10.7 Å². The number of sulfone groups is 1. The van der Waals surface area contributed by atoms with Gasteiger partial charge in [-0.2, -0.15) is 0 Å². The Morgan fingerprint density at radius 3 is 2.57 bits per heavy atom. The first-order valence-electron chi connectivity index (χ1n) is 7.47. The maximum absolute atomic E-state index is 11.9. The van der Waals surface area contributed by atoms with Gasteiger partial charge in [-0.3, -0.25) is 4.79 Å². The summed E-state index contributed by atoms with van der Waals surface area (Å²) in [6.45, 7) is 3.82. The number of nitrogens with zero attached hydrogens (tertiary/aromatic N) is 3. The van der Waals surface area contributed by atoms with Gasteiger partial charge in [0.1, 0.15) is 0 Å². The van der Waals surface area contributed by atoms with Crippen molar-refractivity contribution in [3.63, 3.8) is 0 Å². The average Bonchev–Trinajstić information content (AvgIpc) is 2.49. The quantitative estimate of drug-likeness (QED) is 0.779. The Morgan fingerprint density at radius 1 is 1.30 bits per heavy atom. The molecule has 0 saturated heterocycles. The largest absolute Gasteiger partial charge is 0.318 e. The van der Waals surface area contributed by atoms with Crippen LogP contribution in [0.15, 0.2) is 28.4 Å². The number of pyridine rings is 1. The normalized spacial score (nSPS) is 11.7. The van der Waals surface area contributed by atoms with Crippen molar-refractivity contribution in [2.24, 2.45) is 7.05 Å². The summed E-state index contributed by atoms with van der Waals surface area (Å²) in [5, 5.41) is -0.195. The molecule has 0 radical (unpaired) electrons. The average molecular weight is 335 g/mol. The topological polar surface area (TPSA) is 81.9 Å². The monoisotopic (exact) mass is 335 g/mol. The lowest BCUT2D eigenvalue weighted by Crippen LogP contribution is -2.19. The molecule has 0 fully saturated rings. The molecule has 0 spiro atoms. The molecule has 23 heavy (non-hydrogen) atoms. The van der Waals surface area contributed by atoms with E-state index in [9.17, 15) is 13.2 Å². The zero-order valence-corrected chi connectivity index (χ0v) is 14.6. The predicted molar refractivity (Wildman–Crippen MR) is 89.2 cm³/mol. The number of aromatic nitrogens is 3. The van der Waals surface area contributed by atoms with Gasteiger partial charge in [0, 0.05) is 36.8 Å². The van der Waals surface area contributed by atoms with E-state index in [1.54, 1.807) is 32.4 Å². The lowest BCUT2D eigenvalue weighted by molar-refractivity contribution is 0.592. The Balaban J connectivity index is 2.68. The first-order chi connectivity index (χ1) is 10.7. The maximum atomic E-state index is 11.9. The van der Waals surface area contributed by atoms with Crippen LogP contribution in [0, 0.1) is 6.92 Å². The van der Waals surface area contributed by atoms with Gasteiger partial charge in [0.05, 0.1) is 5.69 Å². The van der Waals surface area contributed by atoms with Crippen molar-refractivity contribution < 1.29 is 8.42 Å². The number of hydrogen-bond acceptors (Lipinski definition) is 5. The third kappa shape index (κ3) is 3.85. The van der Waals surface area contributed by atoms with Crippen LogP contribution in [0.25, 0.3) is 11.3 Å². The van der Waals surface area contributed by atoms with Crippen molar-refractivity contribution in [2.75, 3.05) is 6.26 Å². The van der Waals surface area contributed by atoms with Crippen LogP contribution >= 0.6 is 0 Å². The Hall–Kier alpha value is -2.02. The SMILES string of the molecule is CCCCc1cnc(S(C)(=O)=O)nc1-c1cc(C)c(=O)n(C)c1. The van der Waals surface area contributed by atoms with Crippen LogP contribution in [0.1, 0.15) is 30.9 Å². The summed E-state index contributed by atoms with van der Waals surface area (Å²) in [6.07, 6.45) is 7.08. The van der Waals surface area contributed by atoms with Crippen molar-refractivity contribution in [1.82, 2.24) is 14.5 Å². The van der Waals surface area contributed by atoms with Crippen molar-refractivity contribution >= 4 is 9.84 Å². The molecule has 0 aliphatic carbocycles. The van der Waals surface area contributed by atoms with Crippen LogP contribution in [-0.2, 0) is 23.3 Å². The molecule has 0 aliphatic heterocycles. The van der Waals surface area contributed by atoms with Crippen LogP contribution in [0.4, 0.5) is 0 Å². The highest BCUT2D eigenvalue weighted by molar-refractivity contribution is 7.90. The van der Waals surface area contributed by atoms with Crippen LogP contribution in [-0.4, -0.2) is 29.2 Å². The molecule has 0 aromatic carbocycles. The molecule has 124 valence electrons. The Morgan fingerprint density at radius 2 is 2.00 bits per heavy atom. The minimum absolute atomic E-state index is 0.0822. The van der Waals surface area contributed by atoms with Gasteiger partial charge < -0.3 is 4.57 Å². The molecule has 0 atom stereocenters. The molecule has 0 aliphatic rings. The van der Waals surface area contributed by atoms with Gasteiger partial charge in [-0.05, 0) is 31.4 Å². The summed E-state index contributed by atoms with van der Waals surface area (Å²) in [6, 6.07) is 1.74. The fourth-order valence-electron chi connectivity index (χ4n) is 2.38. The Kier molecular flexibility index (Phi) is 4.99. The standard InChI is InChI=1S/C16H21N3O3S/c1-5-6-7-12-9-17-16(23(4,21)22)18-14(12)13-8-11(2)15(20)19(3)10-13/h8-10H,5-7H2,1-4H3. The highest BCUT2D eigenvalue weighted by atomic mass is 32.2. The van der Waals surface area contributed by atoms with E-state index < -0.39 is 9.84 Å². The van der Waals surface area contributed by atoms with Crippen molar-refractivity contribution in [3.8, 4) is 11.3 Å². The highest BCUT2D eigenvalue weighted by Gasteiger charge is 2.16. The van der Waals surface area contributed by atoms with E-state index in [4.69, 9.17) is 0 Å². The number of aryl methyl sites for hydroxylation is 3. The van der Waals surface area contributed by atoms with Crippen LogP contribution in [0.5, 0.6) is 0 Å². The first-order valence-corrected chi connectivity index (χ1v) is 9.36. The number of unbranched alkanes of at least 4 members (excludes halogenated alkanes) is 1. The summed E-state index contributed by atoms with van der Waals surface area (Å²) < 4.78 is 25.0. The number of hydrogen-bond donors (Lipinski definition) is 0. The van der Waals surface area contributed by atoms with Gasteiger partial charge in [0.25, 0.3) is 5.56 Å².